The first-order chi connectivity index (χ1) is 46.9. The maximum Gasteiger partial charge on any atom is 0.328 e. The molecule has 9 atom stereocenters. The summed E-state index contributed by atoms with van der Waals surface area (Å²) < 4.78 is 10.7. The van der Waals surface area contributed by atoms with Crippen molar-refractivity contribution in [3.63, 3.8) is 0 Å². The van der Waals surface area contributed by atoms with E-state index in [4.69, 9.17) is 29.9 Å². The maximum atomic E-state index is 11.5. The van der Waals surface area contributed by atoms with Crippen molar-refractivity contribution < 1.29 is 73.1 Å². The molecule has 4 aliphatic rings. The molecule has 0 aliphatic heterocycles. The van der Waals surface area contributed by atoms with Gasteiger partial charge in [0.25, 0.3) is 0 Å². The zero-order chi connectivity index (χ0) is 73.8. The van der Waals surface area contributed by atoms with E-state index in [-0.39, 0.29) is 12.1 Å². The molecule has 8 N–H and O–H groups in total. The van der Waals surface area contributed by atoms with Crippen molar-refractivity contribution >= 4 is 53.5 Å². The first kappa shape index (κ1) is 92.6. The van der Waals surface area contributed by atoms with Crippen LogP contribution in [0, 0.1) is 46.3 Å². The first-order valence-corrected chi connectivity index (χ1v) is 36.0. The Kier molecular flexibility index (Phi) is 56.4. The Balaban J connectivity index is 0. The summed E-state index contributed by atoms with van der Waals surface area (Å²) in [5.41, 5.74) is 1.09. The average Bonchev–Trinajstić information content (AvgIpc) is 1.39. The highest BCUT2D eigenvalue weighted by Gasteiger charge is 2.60. The van der Waals surface area contributed by atoms with Crippen LogP contribution in [0.3, 0.4) is 0 Å². The fourth-order valence-electron chi connectivity index (χ4n) is 13.9. The zero-order valence-electron chi connectivity index (χ0n) is 61.6. The molecule has 19 heteroatoms. The van der Waals surface area contributed by atoms with E-state index in [1.165, 1.54) is 202 Å². The molecule has 6 rings (SSSR count). The van der Waals surface area contributed by atoms with Gasteiger partial charge in [-0.1, -0.05) is 229 Å². The SMILES string of the molecule is CCCCCC(C)C1CCC2C3CCC4CC(OC(C)=O)CCC4(C)C3CCC12C.CCCCCCCCCCCCCCCCCCOC.CNC(=O)C=CC(=O)O.CNC(=O)C=CC(=O)O.CNC(=O)C=CC(=O)O.CNC(=O)C=CC(=O)O.c1ccccc1.c1ccccc1. The number of carboxylic acid groups (broad SMARTS) is 4. The number of rotatable bonds is 31. The highest BCUT2D eigenvalue weighted by atomic mass is 16.5. The van der Waals surface area contributed by atoms with Gasteiger partial charge in [-0.05, 0) is 111 Å². The zero-order valence-corrected chi connectivity index (χ0v) is 61.6. The third kappa shape index (κ3) is 46.7. The third-order valence-corrected chi connectivity index (χ3v) is 19.0. The van der Waals surface area contributed by atoms with Crippen molar-refractivity contribution in [3.8, 4) is 0 Å². The Labute approximate surface area is 588 Å². The van der Waals surface area contributed by atoms with Crippen LogP contribution in [-0.4, -0.2) is 122 Å². The van der Waals surface area contributed by atoms with Crippen LogP contribution in [0.5, 0.6) is 0 Å². The molecule has 9 unspecified atom stereocenters. The number of methoxy groups -OCH3 is 1. The highest BCUT2D eigenvalue weighted by Crippen LogP contribution is 2.68. The lowest BCUT2D eigenvalue weighted by molar-refractivity contribution is -0.160. The molecule has 0 bridgehead atoms. The van der Waals surface area contributed by atoms with Crippen molar-refractivity contribution in [3.05, 3.63) is 121 Å². The van der Waals surface area contributed by atoms with Gasteiger partial charge in [0.05, 0.1) is 0 Å². The minimum absolute atomic E-state index is 0.0872. The third-order valence-electron chi connectivity index (χ3n) is 19.0. The van der Waals surface area contributed by atoms with Gasteiger partial charge in [-0.15, -0.1) is 0 Å². The summed E-state index contributed by atoms with van der Waals surface area (Å²) in [7, 11) is 7.50. The van der Waals surface area contributed by atoms with E-state index in [9.17, 15) is 43.2 Å². The predicted octanol–water partition coefficient (Wildman–Crippen LogP) is 15.6. The number of hydrogen-bond donors (Lipinski definition) is 8. The molecule has 4 amide bonds. The number of esters is 1. The van der Waals surface area contributed by atoms with Crippen LogP contribution in [0.4, 0.5) is 0 Å². The number of unbranched alkanes of at least 4 members (excludes halogenated alkanes) is 17. The highest BCUT2D eigenvalue weighted by molar-refractivity contribution is 5.95. The van der Waals surface area contributed by atoms with Crippen LogP contribution in [0.25, 0.3) is 0 Å². The molecule has 0 saturated heterocycles. The Bertz CT molecular complexity index is 2330. The number of amides is 4. The average molecular weight is 1370 g/mol. The Morgan fingerprint density at radius 1 is 0.439 bits per heavy atom. The van der Waals surface area contributed by atoms with Crippen molar-refractivity contribution in [2.24, 2.45) is 46.3 Å². The first-order valence-electron chi connectivity index (χ1n) is 36.0. The Morgan fingerprint density at radius 3 is 1.09 bits per heavy atom. The van der Waals surface area contributed by atoms with Crippen molar-refractivity contribution in [1.29, 1.82) is 0 Å². The summed E-state index contributed by atoms with van der Waals surface area (Å²) in [6.07, 6.45) is 47.9. The summed E-state index contributed by atoms with van der Waals surface area (Å²) in [5, 5.41) is 40.9. The molecule has 98 heavy (non-hydrogen) atoms. The van der Waals surface area contributed by atoms with Gasteiger partial charge < -0.3 is 51.2 Å². The molecule has 2 aromatic carbocycles. The van der Waals surface area contributed by atoms with Gasteiger partial charge in [-0.25, -0.2) is 19.2 Å². The fourth-order valence-corrected chi connectivity index (χ4v) is 13.9. The summed E-state index contributed by atoms with van der Waals surface area (Å²) in [6, 6.07) is 24.0. The van der Waals surface area contributed by atoms with E-state index in [1.54, 1.807) is 14.0 Å². The number of hydrogen-bond acceptors (Lipinski definition) is 11. The van der Waals surface area contributed by atoms with Crippen LogP contribution in [0.15, 0.2) is 121 Å². The quantitative estimate of drug-likeness (QED) is 0.0198. The largest absolute Gasteiger partial charge is 0.478 e. The molecule has 4 fully saturated rings. The second-order valence-electron chi connectivity index (χ2n) is 26.1. The Morgan fingerprint density at radius 2 is 0.765 bits per heavy atom. The summed E-state index contributed by atoms with van der Waals surface area (Å²) in [4.78, 5) is 91.5. The summed E-state index contributed by atoms with van der Waals surface area (Å²) >= 11 is 0. The monoisotopic (exact) mass is 1370 g/mol. The van der Waals surface area contributed by atoms with Crippen molar-refractivity contribution in [2.75, 3.05) is 41.9 Å². The number of benzene rings is 2. The lowest BCUT2D eigenvalue weighted by atomic mass is 9.44. The van der Waals surface area contributed by atoms with Crippen LogP contribution < -0.4 is 21.3 Å². The van der Waals surface area contributed by atoms with E-state index >= 15 is 0 Å². The molecule has 554 valence electrons. The standard InChI is InChI=1S/C28H48O2.C19H40O.2C6H6.4C5H7NO3/c1-6-7-8-9-19(2)24-12-13-25-23-11-10-21-18-22(30-20(3)29)14-16-27(21,4)26(23)15-17-28(24,25)5;1-3-4-5-6-7-8-9-10-11-12-13-14-15-16-17-18-19-20-2;2*1-2-4-6-5-3-1;4*1-6-4(7)2-3-5(8)9/h19,21-26H,6-18H2,1-5H3;3-19H2,1-2H3;2*1-6H;4*2-3H,1H3,(H,6,7)(H,8,9). The second-order valence-corrected chi connectivity index (χ2v) is 26.1. The summed E-state index contributed by atoms with van der Waals surface area (Å²) in [5.74, 6) is -0.774. The van der Waals surface area contributed by atoms with Gasteiger partial charge in [0.2, 0.25) is 23.6 Å². The van der Waals surface area contributed by atoms with Gasteiger partial charge >= 0.3 is 29.8 Å². The fraction of sp³-hybridized carbons (Fsp3) is 0.633. The molecule has 0 aromatic heterocycles. The van der Waals surface area contributed by atoms with E-state index in [0.717, 1.165) is 104 Å². The number of carbonyl (C=O) groups excluding carboxylic acids is 5. The number of carbonyl (C=O) groups is 9. The molecular formula is C79H128N4O15. The number of nitrogens with one attached hydrogen (secondary N) is 4. The normalized spacial score (nSPS) is 20.9. The van der Waals surface area contributed by atoms with E-state index in [1.807, 2.05) is 72.8 Å². The van der Waals surface area contributed by atoms with Gasteiger partial charge in [-0.3, -0.25) is 24.0 Å². The molecule has 4 saturated carbocycles. The van der Waals surface area contributed by atoms with E-state index in [2.05, 4.69) is 55.9 Å². The molecule has 2 aromatic rings. The van der Waals surface area contributed by atoms with Crippen molar-refractivity contribution in [2.45, 2.75) is 234 Å². The van der Waals surface area contributed by atoms with Gasteiger partial charge in [0.15, 0.2) is 0 Å². The van der Waals surface area contributed by atoms with Gasteiger partial charge in [0.1, 0.15) is 6.10 Å². The lowest BCUT2D eigenvalue weighted by Gasteiger charge is -2.61. The lowest BCUT2D eigenvalue weighted by Crippen LogP contribution is -2.54. The van der Waals surface area contributed by atoms with Crippen molar-refractivity contribution in [1.82, 2.24) is 21.3 Å². The van der Waals surface area contributed by atoms with Crippen LogP contribution in [-0.2, 0) is 52.6 Å². The number of ether oxygens (including phenoxy) is 2. The number of likely N-dealkylation sites (N-methyl/N-ethyl adjacent to an activating group) is 4. The maximum absolute atomic E-state index is 11.5. The molecule has 0 spiro atoms. The topological polar surface area (TPSA) is 301 Å². The van der Waals surface area contributed by atoms with E-state index < -0.39 is 47.5 Å². The predicted molar refractivity (Wildman–Crippen MR) is 392 cm³/mol. The minimum atomic E-state index is -1.13. The molecule has 0 radical (unpaired) electrons. The molecule has 4 aliphatic carbocycles. The van der Waals surface area contributed by atoms with Gasteiger partial charge in [-0.2, -0.15) is 0 Å². The smallest absolute Gasteiger partial charge is 0.328 e. The van der Waals surface area contributed by atoms with Gasteiger partial charge in [0, 0.05) is 97.4 Å². The molecular weight excluding hydrogens is 1240 g/mol. The summed E-state index contributed by atoms with van der Waals surface area (Å²) in [6.45, 7) is 15.0. The van der Waals surface area contributed by atoms with E-state index in [0.29, 0.717) is 10.8 Å². The minimum Gasteiger partial charge on any atom is -0.478 e. The second kappa shape index (κ2) is 59.6. The number of aliphatic carboxylic acids is 4. The molecule has 19 nitrogen and oxygen atoms in total. The number of fused-ring (bicyclic) bond motifs is 5. The van der Waals surface area contributed by atoms with Crippen LogP contribution >= 0.6 is 0 Å². The number of carboxylic acids is 4. The molecule has 0 heterocycles. The van der Waals surface area contributed by atoms with Crippen LogP contribution in [0.2, 0.25) is 0 Å². The van der Waals surface area contributed by atoms with Crippen LogP contribution in [0.1, 0.15) is 228 Å². The Hall–Kier alpha value is -7.41.